The Morgan fingerprint density at radius 2 is 1.57 bits per heavy atom. The fourth-order valence-electron chi connectivity index (χ4n) is 5.09. The summed E-state index contributed by atoms with van der Waals surface area (Å²) < 4.78 is 1.79. The molecule has 0 unspecified atom stereocenters. The quantitative estimate of drug-likeness (QED) is 0.283. The second kappa shape index (κ2) is 11.4. The average molecular weight is 528 g/mol. The number of H-pyrrole nitrogens is 1. The van der Waals surface area contributed by atoms with Crippen molar-refractivity contribution in [3.63, 3.8) is 0 Å². The minimum Gasteiger partial charge on any atom is -0.322 e. The number of nitrogens with one attached hydrogen (secondary N) is 1. The predicted molar refractivity (Wildman–Crippen MR) is 154 cm³/mol. The highest BCUT2D eigenvalue weighted by Gasteiger charge is 2.31. The van der Waals surface area contributed by atoms with Crippen LogP contribution in [0.2, 0.25) is 0 Å². The van der Waals surface area contributed by atoms with E-state index in [1.807, 2.05) is 92.0 Å². The Morgan fingerprint density at radius 1 is 0.850 bits per heavy atom. The van der Waals surface area contributed by atoms with Crippen molar-refractivity contribution in [3.8, 4) is 0 Å². The molecule has 0 radical (unpaired) electrons. The van der Waals surface area contributed by atoms with Gasteiger partial charge in [-0.3, -0.25) is 14.7 Å². The topological polar surface area (TPSA) is 92.6 Å². The van der Waals surface area contributed by atoms with Gasteiger partial charge in [0.15, 0.2) is 5.82 Å². The SMILES string of the molecule is Cc1ccc2cc([C@@H](c3nnnn3Cc3ccccc3)N(Cc3ccccc3)Cc3cccnc3)c(=O)[nH]c2c1. The summed E-state index contributed by atoms with van der Waals surface area (Å²) in [6.07, 6.45) is 3.62. The lowest BCUT2D eigenvalue weighted by Gasteiger charge is -2.31. The van der Waals surface area contributed by atoms with Crippen LogP contribution >= 0.6 is 0 Å². The van der Waals surface area contributed by atoms with Gasteiger partial charge in [0.25, 0.3) is 5.56 Å². The first-order valence-corrected chi connectivity index (χ1v) is 13.2. The zero-order valence-corrected chi connectivity index (χ0v) is 22.2. The van der Waals surface area contributed by atoms with Gasteiger partial charge in [-0.1, -0.05) is 78.9 Å². The number of aromatic nitrogens is 6. The van der Waals surface area contributed by atoms with E-state index in [0.29, 0.717) is 31.0 Å². The molecule has 0 spiro atoms. The largest absolute Gasteiger partial charge is 0.322 e. The second-order valence-electron chi connectivity index (χ2n) is 9.98. The standard InChI is InChI=1S/C32H29N7O/c1-23-14-15-27-18-28(32(40)34-29(27)17-23)30(31-35-36-37-39(31)22-25-11-6-3-7-12-25)38(20-24-9-4-2-5-10-24)21-26-13-8-16-33-19-26/h2-19,30H,20-22H2,1H3,(H,34,40)/t30-/m0/s1. The Labute approximate surface area is 232 Å². The number of hydrogen-bond acceptors (Lipinski definition) is 6. The lowest BCUT2D eigenvalue weighted by molar-refractivity contribution is 0.194. The minimum atomic E-state index is -0.534. The van der Waals surface area contributed by atoms with Gasteiger partial charge in [-0.05, 0) is 63.2 Å². The zero-order valence-electron chi connectivity index (χ0n) is 22.2. The van der Waals surface area contributed by atoms with Gasteiger partial charge in [-0.2, -0.15) is 0 Å². The van der Waals surface area contributed by atoms with Crippen molar-refractivity contribution in [2.24, 2.45) is 0 Å². The molecule has 0 fully saturated rings. The molecule has 8 nitrogen and oxygen atoms in total. The molecule has 0 aliphatic heterocycles. The van der Waals surface area contributed by atoms with E-state index in [-0.39, 0.29) is 5.56 Å². The number of pyridine rings is 2. The van der Waals surface area contributed by atoms with Crippen molar-refractivity contribution in [2.75, 3.05) is 0 Å². The van der Waals surface area contributed by atoms with Gasteiger partial charge in [0.2, 0.25) is 0 Å². The van der Waals surface area contributed by atoms with E-state index in [4.69, 9.17) is 0 Å². The van der Waals surface area contributed by atoms with Gasteiger partial charge >= 0.3 is 0 Å². The molecule has 0 aliphatic rings. The maximum atomic E-state index is 13.8. The lowest BCUT2D eigenvalue weighted by Crippen LogP contribution is -2.35. The Kier molecular flexibility index (Phi) is 7.24. The number of tetrazole rings is 1. The van der Waals surface area contributed by atoms with Gasteiger partial charge in [-0.25, -0.2) is 4.68 Å². The van der Waals surface area contributed by atoms with Crippen LogP contribution in [0, 0.1) is 6.92 Å². The van der Waals surface area contributed by atoms with Crippen LogP contribution in [0.3, 0.4) is 0 Å². The van der Waals surface area contributed by atoms with Crippen LogP contribution in [-0.2, 0) is 19.6 Å². The number of rotatable bonds is 9. The van der Waals surface area contributed by atoms with Gasteiger partial charge < -0.3 is 4.98 Å². The third kappa shape index (κ3) is 5.57. The molecule has 6 aromatic rings. The molecule has 0 saturated heterocycles. The van der Waals surface area contributed by atoms with Crippen LogP contribution in [0.25, 0.3) is 10.9 Å². The van der Waals surface area contributed by atoms with Crippen LogP contribution < -0.4 is 5.56 Å². The van der Waals surface area contributed by atoms with Crippen LogP contribution in [0.4, 0.5) is 0 Å². The third-order valence-corrected chi connectivity index (χ3v) is 7.01. The number of aryl methyl sites for hydroxylation is 1. The number of hydrogen-bond donors (Lipinski definition) is 1. The Hall–Kier alpha value is -4.95. The summed E-state index contributed by atoms with van der Waals surface area (Å²) in [7, 11) is 0. The van der Waals surface area contributed by atoms with Gasteiger partial charge in [0.05, 0.1) is 6.54 Å². The number of aromatic amines is 1. The molecule has 1 N–H and O–H groups in total. The second-order valence-corrected chi connectivity index (χ2v) is 9.98. The summed E-state index contributed by atoms with van der Waals surface area (Å²) in [4.78, 5) is 23.5. The van der Waals surface area contributed by atoms with Crippen molar-refractivity contribution >= 4 is 10.9 Å². The smallest absolute Gasteiger partial charge is 0.253 e. The molecule has 198 valence electrons. The first-order valence-electron chi connectivity index (χ1n) is 13.2. The van der Waals surface area contributed by atoms with Gasteiger partial charge in [-0.15, -0.1) is 5.10 Å². The van der Waals surface area contributed by atoms with E-state index < -0.39 is 6.04 Å². The van der Waals surface area contributed by atoms with Crippen LogP contribution in [0.15, 0.2) is 114 Å². The monoisotopic (exact) mass is 527 g/mol. The molecule has 0 bridgehead atoms. The van der Waals surface area contributed by atoms with Crippen molar-refractivity contribution in [1.82, 2.24) is 35.1 Å². The van der Waals surface area contributed by atoms with Crippen molar-refractivity contribution in [2.45, 2.75) is 32.6 Å². The third-order valence-electron chi connectivity index (χ3n) is 7.01. The van der Waals surface area contributed by atoms with Crippen LogP contribution in [0.5, 0.6) is 0 Å². The molecule has 3 aromatic carbocycles. The maximum Gasteiger partial charge on any atom is 0.253 e. The molecule has 6 rings (SSSR count). The summed E-state index contributed by atoms with van der Waals surface area (Å²) in [5, 5.41) is 13.9. The van der Waals surface area contributed by atoms with Crippen molar-refractivity contribution in [3.05, 3.63) is 153 Å². The summed E-state index contributed by atoms with van der Waals surface area (Å²) in [5.41, 5.74) is 5.52. The Bertz CT molecular complexity index is 1720. The fourth-order valence-corrected chi connectivity index (χ4v) is 5.09. The van der Waals surface area contributed by atoms with E-state index in [0.717, 1.165) is 33.2 Å². The molecular formula is C32H29N7O. The maximum absolute atomic E-state index is 13.8. The number of fused-ring (bicyclic) bond motifs is 1. The van der Waals surface area contributed by atoms with E-state index in [9.17, 15) is 4.79 Å². The summed E-state index contributed by atoms with van der Waals surface area (Å²) in [5.74, 6) is 0.598. The molecular weight excluding hydrogens is 498 g/mol. The molecule has 1 atom stereocenters. The fraction of sp³-hybridized carbons (Fsp3) is 0.156. The van der Waals surface area contributed by atoms with Crippen LogP contribution in [-0.4, -0.2) is 35.1 Å². The van der Waals surface area contributed by atoms with Crippen molar-refractivity contribution < 1.29 is 0 Å². The zero-order chi connectivity index (χ0) is 27.3. The van der Waals surface area contributed by atoms with E-state index in [1.165, 1.54) is 0 Å². The Balaban J connectivity index is 1.52. The molecule has 40 heavy (non-hydrogen) atoms. The van der Waals surface area contributed by atoms with Crippen molar-refractivity contribution in [1.29, 1.82) is 0 Å². The molecule has 8 heteroatoms. The van der Waals surface area contributed by atoms with E-state index >= 15 is 0 Å². The molecule has 0 amide bonds. The lowest BCUT2D eigenvalue weighted by atomic mass is 10.0. The van der Waals surface area contributed by atoms with Gasteiger partial charge in [0.1, 0.15) is 6.04 Å². The summed E-state index contributed by atoms with van der Waals surface area (Å²) in [6, 6.07) is 31.8. The molecule has 3 heterocycles. The Morgan fingerprint density at radius 3 is 2.33 bits per heavy atom. The predicted octanol–water partition coefficient (Wildman–Crippen LogP) is 5.06. The van der Waals surface area contributed by atoms with Crippen LogP contribution in [0.1, 0.15) is 39.7 Å². The highest BCUT2D eigenvalue weighted by Crippen LogP contribution is 2.30. The average Bonchev–Trinajstić information content (AvgIpc) is 3.42. The number of nitrogens with zero attached hydrogens (tertiary/aromatic N) is 6. The summed E-state index contributed by atoms with van der Waals surface area (Å²) >= 11 is 0. The highest BCUT2D eigenvalue weighted by atomic mass is 16.1. The highest BCUT2D eigenvalue weighted by molar-refractivity contribution is 5.79. The van der Waals surface area contributed by atoms with E-state index in [1.54, 1.807) is 10.9 Å². The first kappa shape index (κ1) is 25.3. The van der Waals surface area contributed by atoms with E-state index in [2.05, 4.69) is 48.6 Å². The molecule has 0 aliphatic carbocycles. The summed E-state index contributed by atoms with van der Waals surface area (Å²) in [6.45, 7) is 3.61. The minimum absolute atomic E-state index is 0.165. The van der Waals surface area contributed by atoms with Gasteiger partial charge in [0, 0.05) is 36.6 Å². The normalized spacial score (nSPS) is 12.2. The molecule has 3 aromatic heterocycles. The number of benzene rings is 3. The first-order chi connectivity index (χ1) is 19.6. The molecule has 0 saturated carbocycles.